The van der Waals surface area contributed by atoms with E-state index in [-0.39, 0.29) is 5.56 Å². The maximum atomic E-state index is 12.7. The summed E-state index contributed by atoms with van der Waals surface area (Å²) in [5.41, 5.74) is 1.09. The lowest BCUT2D eigenvalue weighted by atomic mass is 10.2. The second kappa shape index (κ2) is 6.69. The van der Waals surface area contributed by atoms with Gasteiger partial charge in [0.25, 0.3) is 5.56 Å². The average molecular weight is 335 g/mol. The van der Waals surface area contributed by atoms with Gasteiger partial charge in [0.1, 0.15) is 5.75 Å². The predicted molar refractivity (Wildman–Crippen MR) is 97.6 cm³/mol. The number of benzene rings is 2. The van der Waals surface area contributed by atoms with Crippen molar-refractivity contribution in [2.75, 3.05) is 7.11 Å². The Morgan fingerprint density at radius 2 is 1.92 bits per heavy atom. The van der Waals surface area contributed by atoms with E-state index in [0.29, 0.717) is 18.1 Å². The molecule has 0 unspecified atom stereocenters. The molecule has 2 aromatic carbocycles. The minimum atomic E-state index is -0.0382. The third kappa shape index (κ3) is 3.28. The van der Waals surface area contributed by atoms with Gasteiger partial charge in [-0.25, -0.2) is 4.68 Å². The molecule has 1 heterocycles. The van der Waals surface area contributed by atoms with Gasteiger partial charge in [-0.1, -0.05) is 36.4 Å². The Labute approximate surface area is 146 Å². The minimum Gasteiger partial charge on any atom is -0.496 e. The highest BCUT2D eigenvalue weighted by atomic mass is 16.5. The number of methoxy groups -OCH3 is 1. The number of fused-ring (bicyclic) bond motifs is 1. The molecule has 1 aliphatic carbocycles. The van der Waals surface area contributed by atoms with E-state index < -0.39 is 0 Å². The van der Waals surface area contributed by atoms with Crippen LogP contribution in [0.2, 0.25) is 0 Å². The van der Waals surface area contributed by atoms with Crippen LogP contribution in [0.5, 0.6) is 5.75 Å². The summed E-state index contributed by atoms with van der Waals surface area (Å²) in [7, 11) is 1.69. The second-order valence-electron chi connectivity index (χ2n) is 6.47. The Bertz CT molecular complexity index is 947. The molecule has 0 bridgehead atoms. The van der Waals surface area contributed by atoms with Crippen molar-refractivity contribution in [1.82, 2.24) is 14.7 Å². The molecule has 1 fully saturated rings. The number of hydrogen-bond acceptors (Lipinski definition) is 4. The van der Waals surface area contributed by atoms with E-state index in [4.69, 9.17) is 4.74 Å². The van der Waals surface area contributed by atoms with Gasteiger partial charge in [-0.05, 0) is 25.0 Å². The van der Waals surface area contributed by atoms with Crippen LogP contribution in [0, 0.1) is 0 Å². The highest BCUT2D eigenvalue weighted by Gasteiger charge is 2.30. The van der Waals surface area contributed by atoms with E-state index in [1.807, 2.05) is 42.5 Å². The highest BCUT2D eigenvalue weighted by molar-refractivity contribution is 5.80. The van der Waals surface area contributed by atoms with Crippen LogP contribution < -0.4 is 10.3 Å². The summed E-state index contributed by atoms with van der Waals surface area (Å²) in [6.07, 6.45) is 4.10. The zero-order valence-corrected chi connectivity index (χ0v) is 14.3. The van der Waals surface area contributed by atoms with Gasteiger partial charge in [-0.2, -0.15) is 5.10 Å². The Morgan fingerprint density at radius 3 is 2.72 bits per heavy atom. The van der Waals surface area contributed by atoms with E-state index in [1.165, 1.54) is 0 Å². The van der Waals surface area contributed by atoms with Gasteiger partial charge in [-0.3, -0.25) is 9.69 Å². The summed E-state index contributed by atoms with van der Waals surface area (Å²) in [6, 6.07) is 16.1. The molecule has 0 N–H and O–H groups in total. The molecule has 0 amide bonds. The summed E-state index contributed by atoms with van der Waals surface area (Å²) in [5, 5.41) is 5.97. The van der Waals surface area contributed by atoms with Crippen molar-refractivity contribution >= 4 is 10.8 Å². The molecule has 0 atom stereocenters. The molecule has 5 nitrogen and oxygen atoms in total. The van der Waals surface area contributed by atoms with Crippen molar-refractivity contribution in [2.45, 2.75) is 32.1 Å². The normalized spacial score (nSPS) is 14.2. The van der Waals surface area contributed by atoms with Crippen molar-refractivity contribution < 1.29 is 4.74 Å². The average Bonchev–Trinajstić information content (AvgIpc) is 3.49. The molecule has 25 heavy (non-hydrogen) atoms. The van der Waals surface area contributed by atoms with Gasteiger partial charge >= 0.3 is 0 Å². The summed E-state index contributed by atoms with van der Waals surface area (Å²) < 4.78 is 7.03. The lowest BCUT2D eigenvalue weighted by Gasteiger charge is -2.23. The lowest BCUT2D eigenvalue weighted by Crippen LogP contribution is -2.35. The summed E-state index contributed by atoms with van der Waals surface area (Å²) >= 11 is 0. The monoisotopic (exact) mass is 335 g/mol. The first kappa shape index (κ1) is 15.8. The molecule has 5 heteroatoms. The Morgan fingerprint density at radius 1 is 1.16 bits per heavy atom. The van der Waals surface area contributed by atoms with E-state index in [1.54, 1.807) is 18.0 Å². The standard InChI is InChI=1S/C20H21N3O2/c1-25-19-9-5-3-7-16(19)13-22(17-10-11-17)14-23-20(24)18-8-4-2-6-15(18)12-21-23/h2-9,12,17H,10-11,13-14H2,1H3. The SMILES string of the molecule is COc1ccccc1CN(Cn1ncc2ccccc2c1=O)C1CC1. The van der Waals surface area contributed by atoms with Crippen molar-refractivity contribution in [3.05, 3.63) is 70.6 Å². The molecule has 1 saturated carbocycles. The number of para-hydroxylation sites is 1. The van der Waals surface area contributed by atoms with Gasteiger partial charge < -0.3 is 4.74 Å². The molecule has 1 aromatic heterocycles. The Kier molecular flexibility index (Phi) is 4.24. The van der Waals surface area contributed by atoms with Crippen LogP contribution in [0.4, 0.5) is 0 Å². The quantitative estimate of drug-likeness (QED) is 0.695. The fourth-order valence-corrected chi connectivity index (χ4v) is 3.19. The number of nitrogens with zero attached hydrogens (tertiary/aromatic N) is 3. The van der Waals surface area contributed by atoms with E-state index in [0.717, 1.165) is 36.1 Å². The van der Waals surface area contributed by atoms with Crippen LogP contribution in [0.15, 0.2) is 59.5 Å². The zero-order chi connectivity index (χ0) is 17.2. The number of hydrogen-bond donors (Lipinski definition) is 0. The molecular formula is C20H21N3O2. The van der Waals surface area contributed by atoms with Crippen LogP contribution >= 0.6 is 0 Å². The van der Waals surface area contributed by atoms with E-state index in [9.17, 15) is 4.79 Å². The maximum Gasteiger partial charge on any atom is 0.275 e. The Balaban J connectivity index is 1.63. The van der Waals surface area contributed by atoms with Gasteiger partial charge in [0, 0.05) is 23.5 Å². The maximum absolute atomic E-state index is 12.7. The zero-order valence-electron chi connectivity index (χ0n) is 14.3. The van der Waals surface area contributed by atoms with Gasteiger partial charge in [0.15, 0.2) is 0 Å². The summed E-state index contributed by atoms with van der Waals surface area (Å²) in [6.45, 7) is 1.24. The molecule has 1 aliphatic rings. The fraction of sp³-hybridized carbons (Fsp3) is 0.300. The molecule has 0 aliphatic heterocycles. The molecule has 4 rings (SSSR count). The van der Waals surface area contributed by atoms with Gasteiger partial charge in [0.2, 0.25) is 0 Å². The largest absolute Gasteiger partial charge is 0.496 e. The van der Waals surface area contributed by atoms with Gasteiger partial charge in [0.05, 0.1) is 25.4 Å². The summed E-state index contributed by atoms with van der Waals surface area (Å²) in [4.78, 5) is 15.0. The second-order valence-corrected chi connectivity index (χ2v) is 6.47. The van der Waals surface area contributed by atoms with Crippen molar-refractivity contribution in [1.29, 1.82) is 0 Å². The van der Waals surface area contributed by atoms with Crippen molar-refractivity contribution in [3.8, 4) is 5.75 Å². The summed E-state index contributed by atoms with van der Waals surface area (Å²) in [5.74, 6) is 0.881. The topological polar surface area (TPSA) is 47.4 Å². The van der Waals surface area contributed by atoms with E-state index >= 15 is 0 Å². The molecule has 0 saturated heterocycles. The third-order valence-electron chi connectivity index (χ3n) is 4.71. The third-order valence-corrected chi connectivity index (χ3v) is 4.71. The molecule has 128 valence electrons. The van der Waals surface area contributed by atoms with Crippen LogP contribution in [-0.2, 0) is 13.2 Å². The molecule has 0 radical (unpaired) electrons. The predicted octanol–water partition coefficient (Wildman–Crippen LogP) is 3.03. The first-order valence-corrected chi connectivity index (χ1v) is 8.57. The van der Waals surface area contributed by atoms with Crippen LogP contribution in [-0.4, -0.2) is 27.8 Å². The number of aromatic nitrogens is 2. The first-order chi connectivity index (χ1) is 12.3. The van der Waals surface area contributed by atoms with Gasteiger partial charge in [-0.15, -0.1) is 0 Å². The molecular weight excluding hydrogens is 314 g/mol. The van der Waals surface area contributed by atoms with Crippen LogP contribution in [0.1, 0.15) is 18.4 Å². The minimum absolute atomic E-state index is 0.0382. The number of ether oxygens (including phenoxy) is 1. The smallest absolute Gasteiger partial charge is 0.275 e. The van der Waals surface area contributed by atoms with Crippen LogP contribution in [0.3, 0.4) is 0 Å². The van der Waals surface area contributed by atoms with Crippen molar-refractivity contribution in [3.63, 3.8) is 0 Å². The lowest BCUT2D eigenvalue weighted by molar-refractivity contribution is 0.182. The fourth-order valence-electron chi connectivity index (χ4n) is 3.19. The van der Waals surface area contributed by atoms with Crippen LogP contribution in [0.25, 0.3) is 10.8 Å². The molecule has 0 spiro atoms. The first-order valence-electron chi connectivity index (χ1n) is 8.57. The number of rotatable bonds is 6. The molecule has 3 aromatic rings. The Hall–Kier alpha value is -2.66. The van der Waals surface area contributed by atoms with Crippen molar-refractivity contribution in [2.24, 2.45) is 0 Å². The van der Waals surface area contributed by atoms with E-state index in [2.05, 4.69) is 16.1 Å². The highest BCUT2D eigenvalue weighted by Crippen LogP contribution is 2.30.